The molecule has 3 heterocycles. The van der Waals surface area contributed by atoms with Crippen molar-refractivity contribution in [3.63, 3.8) is 0 Å². The molecule has 7 nitrogen and oxygen atoms in total. The van der Waals surface area contributed by atoms with Gasteiger partial charge in [-0.2, -0.15) is 5.10 Å². The van der Waals surface area contributed by atoms with E-state index in [1.54, 1.807) is 6.20 Å². The minimum atomic E-state index is -0.546. The van der Waals surface area contributed by atoms with Crippen molar-refractivity contribution in [2.75, 3.05) is 39.3 Å². The summed E-state index contributed by atoms with van der Waals surface area (Å²) in [6.45, 7) is 5.60. The first-order valence-corrected chi connectivity index (χ1v) is 10.1. The van der Waals surface area contributed by atoms with Gasteiger partial charge < -0.3 is 16.0 Å². The molecule has 0 aliphatic carbocycles. The monoisotopic (exact) mass is 390 g/mol. The zero-order chi connectivity index (χ0) is 18.8. The van der Waals surface area contributed by atoms with Gasteiger partial charge in [-0.25, -0.2) is 0 Å². The van der Waals surface area contributed by atoms with E-state index in [1.165, 1.54) is 12.8 Å². The number of halogens is 1. The summed E-state index contributed by atoms with van der Waals surface area (Å²) in [7, 11) is 0. The number of nitrogens with two attached hydrogens (primary N) is 1. The number of nitrogens with zero attached hydrogens (tertiary/aromatic N) is 3. The van der Waals surface area contributed by atoms with E-state index in [-0.39, 0.29) is 5.91 Å². The van der Waals surface area contributed by atoms with Crippen molar-refractivity contribution in [3.8, 4) is 0 Å². The smallest absolute Gasteiger partial charge is 0.239 e. The molecule has 0 saturated carbocycles. The van der Waals surface area contributed by atoms with Crippen molar-refractivity contribution in [3.05, 3.63) is 28.9 Å². The Labute approximate surface area is 164 Å². The summed E-state index contributed by atoms with van der Waals surface area (Å²) in [6.07, 6.45) is 4.61. The SMILES string of the molecule is NC(Cc1cc(Cl)c2[nH]ncc2c1)C(=O)N1CCN(C2CCNCC2)CC1. The van der Waals surface area contributed by atoms with Gasteiger partial charge in [0.2, 0.25) is 5.91 Å². The third kappa shape index (κ3) is 4.11. The summed E-state index contributed by atoms with van der Waals surface area (Å²) in [5, 5.41) is 11.8. The molecule has 2 saturated heterocycles. The number of rotatable bonds is 4. The van der Waals surface area contributed by atoms with Gasteiger partial charge in [-0.15, -0.1) is 0 Å². The second kappa shape index (κ2) is 8.14. The number of aromatic nitrogens is 2. The second-order valence-electron chi connectivity index (χ2n) is 7.56. The van der Waals surface area contributed by atoms with Gasteiger partial charge in [0.05, 0.1) is 22.8 Å². The van der Waals surface area contributed by atoms with E-state index in [2.05, 4.69) is 20.4 Å². The van der Waals surface area contributed by atoms with Crippen LogP contribution in [-0.4, -0.2) is 77.3 Å². The van der Waals surface area contributed by atoms with Crippen molar-refractivity contribution < 1.29 is 4.79 Å². The molecule has 2 aromatic rings. The molecule has 0 radical (unpaired) electrons. The maximum absolute atomic E-state index is 12.8. The van der Waals surface area contributed by atoms with Crippen molar-refractivity contribution in [2.24, 2.45) is 5.73 Å². The third-order valence-corrected chi connectivity index (χ3v) is 6.08. The summed E-state index contributed by atoms with van der Waals surface area (Å²) < 4.78 is 0. The molecule has 0 spiro atoms. The van der Waals surface area contributed by atoms with E-state index in [0.717, 1.165) is 55.7 Å². The van der Waals surface area contributed by atoms with Crippen LogP contribution in [0.3, 0.4) is 0 Å². The lowest BCUT2D eigenvalue weighted by Gasteiger charge is -2.41. The Hall–Kier alpha value is -1.67. The van der Waals surface area contributed by atoms with E-state index in [0.29, 0.717) is 17.5 Å². The third-order valence-electron chi connectivity index (χ3n) is 5.78. The molecule has 4 N–H and O–H groups in total. The molecule has 1 aromatic carbocycles. The number of carbonyl (C=O) groups is 1. The number of fused-ring (bicyclic) bond motifs is 1. The first kappa shape index (κ1) is 18.7. The predicted octanol–water partition coefficient (Wildman–Crippen LogP) is 0.982. The topological polar surface area (TPSA) is 90.3 Å². The standard InChI is InChI=1S/C19H27ClN6O/c20-16-10-13(9-14-12-23-24-18(14)16)11-17(21)19(27)26-7-5-25(6-8-26)15-1-3-22-4-2-15/h9-10,12,15,17,22H,1-8,11,21H2,(H,23,24). The van der Waals surface area contributed by atoms with E-state index < -0.39 is 6.04 Å². The molecule has 2 aliphatic heterocycles. The number of hydrogen-bond donors (Lipinski definition) is 3. The molecular formula is C19H27ClN6O. The first-order chi connectivity index (χ1) is 13.1. The summed E-state index contributed by atoms with van der Waals surface area (Å²) in [4.78, 5) is 17.3. The van der Waals surface area contributed by atoms with E-state index in [1.807, 2.05) is 17.0 Å². The number of benzene rings is 1. The highest BCUT2D eigenvalue weighted by molar-refractivity contribution is 6.35. The highest BCUT2D eigenvalue weighted by atomic mass is 35.5. The Morgan fingerprint density at radius 2 is 2.00 bits per heavy atom. The van der Waals surface area contributed by atoms with Crippen LogP contribution in [0.4, 0.5) is 0 Å². The first-order valence-electron chi connectivity index (χ1n) is 9.72. The molecule has 8 heteroatoms. The largest absolute Gasteiger partial charge is 0.339 e. The van der Waals surface area contributed by atoms with Crippen LogP contribution < -0.4 is 11.1 Å². The van der Waals surface area contributed by atoms with Crippen molar-refractivity contribution in [1.82, 2.24) is 25.3 Å². The van der Waals surface area contributed by atoms with Crippen LogP contribution in [0, 0.1) is 0 Å². The van der Waals surface area contributed by atoms with Crippen molar-refractivity contribution in [1.29, 1.82) is 0 Å². The molecule has 1 aromatic heterocycles. The number of carbonyl (C=O) groups excluding carboxylic acids is 1. The predicted molar refractivity (Wildman–Crippen MR) is 107 cm³/mol. The number of hydrogen-bond acceptors (Lipinski definition) is 5. The maximum Gasteiger partial charge on any atom is 0.239 e. The fraction of sp³-hybridized carbons (Fsp3) is 0.579. The van der Waals surface area contributed by atoms with E-state index in [4.69, 9.17) is 17.3 Å². The number of nitrogens with one attached hydrogen (secondary N) is 2. The Kier molecular flexibility index (Phi) is 5.63. The highest BCUT2D eigenvalue weighted by Crippen LogP contribution is 2.24. The number of aromatic amines is 1. The number of piperazine rings is 1. The molecule has 27 heavy (non-hydrogen) atoms. The van der Waals surface area contributed by atoms with Gasteiger partial charge in [-0.05, 0) is 50.0 Å². The van der Waals surface area contributed by atoms with Crippen LogP contribution in [0.25, 0.3) is 10.9 Å². The van der Waals surface area contributed by atoms with Crippen LogP contribution in [0.15, 0.2) is 18.3 Å². The lowest BCUT2D eigenvalue weighted by Crippen LogP contribution is -2.56. The maximum atomic E-state index is 12.8. The quantitative estimate of drug-likeness (QED) is 0.724. The summed E-state index contributed by atoms with van der Waals surface area (Å²) in [6, 6.07) is 3.97. The van der Waals surface area contributed by atoms with Crippen LogP contribution in [0.1, 0.15) is 18.4 Å². The molecule has 0 bridgehead atoms. The summed E-state index contributed by atoms with van der Waals surface area (Å²) in [5.41, 5.74) is 8.02. The van der Waals surface area contributed by atoms with Gasteiger partial charge in [0.25, 0.3) is 0 Å². The summed E-state index contributed by atoms with van der Waals surface area (Å²) >= 11 is 6.29. The second-order valence-corrected chi connectivity index (χ2v) is 7.97. The zero-order valence-electron chi connectivity index (χ0n) is 15.5. The Balaban J connectivity index is 1.33. The van der Waals surface area contributed by atoms with Gasteiger partial charge in [-0.1, -0.05) is 11.6 Å². The zero-order valence-corrected chi connectivity index (χ0v) is 16.2. The Bertz CT molecular complexity index is 795. The minimum absolute atomic E-state index is 0.0309. The molecule has 146 valence electrons. The lowest BCUT2D eigenvalue weighted by molar-refractivity contribution is -0.134. The summed E-state index contributed by atoms with van der Waals surface area (Å²) in [5.74, 6) is 0.0309. The average Bonchev–Trinajstić information content (AvgIpc) is 3.17. The van der Waals surface area contributed by atoms with Gasteiger partial charge in [0.15, 0.2) is 0 Å². The van der Waals surface area contributed by atoms with Crippen LogP contribution in [-0.2, 0) is 11.2 Å². The molecule has 1 atom stereocenters. The van der Waals surface area contributed by atoms with E-state index in [9.17, 15) is 4.79 Å². The molecule has 1 amide bonds. The van der Waals surface area contributed by atoms with Crippen LogP contribution in [0.5, 0.6) is 0 Å². The fourth-order valence-electron chi connectivity index (χ4n) is 4.25. The van der Waals surface area contributed by atoms with Gasteiger partial charge in [-0.3, -0.25) is 14.8 Å². The van der Waals surface area contributed by atoms with Crippen molar-refractivity contribution in [2.45, 2.75) is 31.3 Å². The molecule has 2 fully saturated rings. The van der Waals surface area contributed by atoms with Gasteiger partial charge >= 0.3 is 0 Å². The minimum Gasteiger partial charge on any atom is -0.339 e. The molecule has 4 rings (SSSR count). The van der Waals surface area contributed by atoms with Crippen LogP contribution in [0.2, 0.25) is 5.02 Å². The van der Waals surface area contributed by atoms with Gasteiger partial charge in [0, 0.05) is 37.6 Å². The van der Waals surface area contributed by atoms with Crippen LogP contribution >= 0.6 is 11.6 Å². The Morgan fingerprint density at radius 3 is 2.74 bits per heavy atom. The van der Waals surface area contributed by atoms with E-state index >= 15 is 0 Å². The number of piperidine rings is 1. The van der Waals surface area contributed by atoms with Gasteiger partial charge in [0.1, 0.15) is 0 Å². The number of amides is 1. The normalized spacial score (nSPS) is 20.9. The van der Waals surface area contributed by atoms with Crippen molar-refractivity contribution >= 4 is 28.4 Å². The molecule has 1 unspecified atom stereocenters. The number of H-pyrrole nitrogens is 1. The lowest BCUT2D eigenvalue weighted by atomic mass is 10.0. The fourth-order valence-corrected chi connectivity index (χ4v) is 4.54. The molecule has 2 aliphatic rings. The Morgan fingerprint density at radius 1 is 1.26 bits per heavy atom. The highest BCUT2D eigenvalue weighted by Gasteiger charge is 2.29. The average molecular weight is 391 g/mol. The molecular weight excluding hydrogens is 364 g/mol.